The van der Waals surface area contributed by atoms with E-state index in [-0.39, 0.29) is 0 Å². The van der Waals surface area contributed by atoms with Crippen molar-refractivity contribution >= 4 is 32.9 Å². The molecule has 5 heteroatoms. The Morgan fingerprint density at radius 1 is 1.56 bits per heavy atom. The molecule has 2 aliphatic rings. The molecule has 2 fully saturated rings. The number of nitrogens with zero attached hydrogens (tertiary/aromatic N) is 1. The highest BCUT2D eigenvalue weighted by Gasteiger charge is 2.54. The molecule has 0 spiro atoms. The van der Waals surface area contributed by atoms with Gasteiger partial charge in [0.1, 0.15) is 0 Å². The maximum absolute atomic E-state index is 10.9. The predicted molar refractivity (Wildman–Crippen MR) is 41.5 cm³/mol. The van der Waals surface area contributed by atoms with Crippen molar-refractivity contribution in [3.8, 4) is 0 Å². The molecule has 0 radical (unpaired) electrons. The largest absolute Gasteiger partial charge is 0.223 e. The highest BCUT2D eigenvalue weighted by molar-refractivity contribution is 14.1. The van der Waals surface area contributed by atoms with E-state index in [0.717, 1.165) is 6.42 Å². The van der Waals surface area contributed by atoms with Crippen molar-refractivity contribution in [3.63, 3.8) is 0 Å². The third kappa shape index (κ3) is 0.813. The van der Waals surface area contributed by atoms with Crippen LogP contribution in [0.4, 0.5) is 0 Å². The van der Waals surface area contributed by atoms with Crippen LogP contribution in [0.5, 0.6) is 0 Å². The zero-order chi connectivity index (χ0) is 6.65. The molecule has 9 heavy (non-hydrogen) atoms. The molecule has 0 aromatic rings. The van der Waals surface area contributed by atoms with Gasteiger partial charge in [0.05, 0.1) is 5.75 Å². The molecule has 1 saturated heterocycles. The summed E-state index contributed by atoms with van der Waals surface area (Å²) in [5.41, 5.74) is 0. The standard InChI is InChI=1S/C4H6INO2S/c5-6-4-1-3(4)2-9(6,7)8/h3-4H,1-2H2. The van der Waals surface area contributed by atoms with Crippen molar-refractivity contribution < 1.29 is 8.42 Å². The molecule has 1 aliphatic heterocycles. The van der Waals surface area contributed by atoms with Crippen LogP contribution < -0.4 is 0 Å². The third-order valence-corrected chi connectivity index (χ3v) is 6.00. The molecule has 0 bridgehead atoms. The van der Waals surface area contributed by atoms with Gasteiger partial charge in [-0.2, -0.15) is 0 Å². The number of hydrogen-bond acceptors (Lipinski definition) is 2. The molecule has 2 atom stereocenters. The lowest BCUT2D eigenvalue weighted by atomic mass is 10.5. The van der Waals surface area contributed by atoms with E-state index in [0.29, 0.717) is 17.7 Å². The molecule has 2 rings (SSSR count). The number of hydrogen-bond donors (Lipinski definition) is 0. The van der Waals surface area contributed by atoms with Gasteiger partial charge in [0.15, 0.2) is 0 Å². The molecule has 2 unspecified atom stereocenters. The fourth-order valence-corrected chi connectivity index (χ4v) is 4.08. The van der Waals surface area contributed by atoms with Gasteiger partial charge in [-0.3, -0.25) is 0 Å². The van der Waals surface area contributed by atoms with E-state index in [2.05, 4.69) is 0 Å². The second-order valence-electron chi connectivity index (χ2n) is 2.58. The Kier molecular flexibility index (Phi) is 1.14. The van der Waals surface area contributed by atoms with Crippen LogP contribution in [0, 0.1) is 5.92 Å². The Balaban J connectivity index is 2.36. The Hall–Kier alpha value is 0.640. The van der Waals surface area contributed by atoms with Crippen molar-refractivity contribution in [1.29, 1.82) is 0 Å². The quantitative estimate of drug-likeness (QED) is 0.465. The molecule has 0 aromatic carbocycles. The van der Waals surface area contributed by atoms with Gasteiger partial charge in [0.25, 0.3) is 0 Å². The van der Waals surface area contributed by atoms with Crippen LogP contribution in [-0.2, 0) is 10.0 Å². The lowest BCUT2D eigenvalue weighted by Crippen LogP contribution is -2.18. The van der Waals surface area contributed by atoms with Gasteiger partial charge in [-0.05, 0) is 12.3 Å². The summed E-state index contributed by atoms with van der Waals surface area (Å²) in [5, 5.41) is 0. The zero-order valence-electron chi connectivity index (χ0n) is 4.62. The van der Waals surface area contributed by atoms with Crippen LogP contribution in [0.15, 0.2) is 0 Å². The Labute approximate surface area is 68.0 Å². The first-order chi connectivity index (χ1) is 4.11. The summed E-state index contributed by atoms with van der Waals surface area (Å²) in [5.74, 6) is 0.854. The number of rotatable bonds is 0. The maximum atomic E-state index is 10.9. The normalized spacial score (nSPS) is 46.8. The van der Waals surface area contributed by atoms with E-state index in [1.165, 1.54) is 2.52 Å². The van der Waals surface area contributed by atoms with Gasteiger partial charge in [-0.15, -0.1) is 2.52 Å². The summed E-state index contributed by atoms with van der Waals surface area (Å²) in [6, 6.07) is 0.357. The molecule has 0 N–H and O–H groups in total. The van der Waals surface area contributed by atoms with Crippen LogP contribution in [-0.4, -0.2) is 22.7 Å². The van der Waals surface area contributed by atoms with Gasteiger partial charge in [-0.25, -0.2) is 8.42 Å². The average Bonchev–Trinajstić information content (AvgIpc) is 2.39. The van der Waals surface area contributed by atoms with E-state index in [9.17, 15) is 8.42 Å². The monoisotopic (exact) mass is 259 g/mol. The van der Waals surface area contributed by atoms with E-state index in [4.69, 9.17) is 0 Å². The van der Waals surface area contributed by atoms with Gasteiger partial charge in [0.2, 0.25) is 10.0 Å². The van der Waals surface area contributed by atoms with Crippen LogP contribution in [0.1, 0.15) is 6.42 Å². The molecule has 1 aliphatic carbocycles. The minimum atomic E-state index is -2.80. The third-order valence-electron chi connectivity index (χ3n) is 1.84. The van der Waals surface area contributed by atoms with Crippen molar-refractivity contribution in [2.75, 3.05) is 5.75 Å². The molecule has 0 aromatic heterocycles. The molecule has 1 saturated carbocycles. The van der Waals surface area contributed by atoms with Crippen LogP contribution in [0.3, 0.4) is 0 Å². The number of halogens is 1. The fraction of sp³-hybridized carbons (Fsp3) is 1.00. The molecule has 52 valence electrons. The van der Waals surface area contributed by atoms with Crippen LogP contribution in [0.25, 0.3) is 0 Å². The van der Waals surface area contributed by atoms with E-state index in [1.807, 2.05) is 22.9 Å². The SMILES string of the molecule is O=S1(=O)CC2CC2N1I. The predicted octanol–water partition coefficient (Wildman–Crippen LogP) is 0.370. The molecular formula is C4H6INO2S. The summed E-state index contributed by atoms with van der Waals surface area (Å²) in [7, 11) is -2.80. The van der Waals surface area contributed by atoms with Crippen molar-refractivity contribution in [2.45, 2.75) is 12.5 Å². The average molecular weight is 259 g/mol. The second-order valence-corrected chi connectivity index (χ2v) is 6.17. The first-order valence-electron chi connectivity index (χ1n) is 2.79. The lowest BCUT2D eigenvalue weighted by Gasteiger charge is -2.05. The minimum Gasteiger partial charge on any atom is -0.211 e. The molecule has 1 heterocycles. The van der Waals surface area contributed by atoms with Gasteiger partial charge in [-0.1, -0.05) is 0 Å². The Morgan fingerprint density at radius 2 is 2.22 bits per heavy atom. The molecule has 3 nitrogen and oxygen atoms in total. The van der Waals surface area contributed by atoms with Gasteiger partial charge in [0, 0.05) is 28.9 Å². The smallest absolute Gasteiger partial charge is 0.211 e. The van der Waals surface area contributed by atoms with Crippen molar-refractivity contribution in [3.05, 3.63) is 0 Å². The maximum Gasteiger partial charge on any atom is 0.223 e. The summed E-state index contributed by atoms with van der Waals surface area (Å²) >= 11 is 1.89. The van der Waals surface area contributed by atoms with Gasteiger partial charge >= 0.3 is 0 Å². The Morgan fingerprint density at radius 3 is 2.44 bits per heavy atom. The first kappa shape index (κ1) is 6.36. The summed E-state index contributed by atoms with van der Waals surface area (Å²) in [4.78, 5) is 0. The summed E-state index contributed by atoms with van der Waals surface area (Å²) in [6.45, 7) is 0. The highest BCUT2D eigenvalue weighted by Crippen LogP contribution is 2.47. The van der Waals surface area contributed by atoms with E-state index in [1.54, 1.807) is 0 Å². The highest BCUT2D eigenvalue weighted by atomic mass is 127. The van der Waals surface area contributed by atoms with E-state index < -0.39 is 10.0 Å². The second kappa shape index (κ2) is 1.62. The Bertz CT molecular complexity index is 237. The number of fused-ring (bicyclic) bond motifs is 1. The van der Waals surface area contributed by atoms with E-state index >= 15 is 0 Å². The topological polar surface area (TPSA) is 37.4 Å². The van der Waals surface area contributed by atoms with Crippen LogP contribution in [0.2, 0.25) is 0 Å². The van der Waals surface area contributed by atoms with Gasteiger partial charge < -0.3 is 0 Å². The lowest BCUT2D eigenvalue weighted by molar-refractivity contribution is 0.565. The molecular weight excluding hydrogens is 253 g/mol. The first-order valence-corrected chi connectivity index (χ1v) is 5.36. The summed E-state index contributed by atoms with van der Waals surface area (Å²) < 4.78 is 23.3. The minimum absolute atomic E-state index is 0.357. The zero-order valence-corrected chi connectivity index (χ0v) is 7.59. The van der Waals surface area contributed by atoms with Crippen LogP contribution >= 0.6 is 22.9 Å². The summed E-state index contributed by atoms with van der Waals surface area (Å²) in [6.07, 6.45) is 1.09. The number of sulfonamides is 1. The fourth-order valence-electron chi connectivity index (χ4n) is 1.21. The van der Waals surface area contributed by atoms with Crippen molar-refractivity contribution in [2.24, 2.45) is 5.92 Å². The van der Waals surface area contributed by atoms with Crippen molar-refractivity contribution in [1.82, 2.24) is 2.52 Å². The molecule has 0 amide bonds.